The topological polar surface area (TPSA) is 128 Å². The second-order valence-corrected chi connectivity index (χ2v) is 8.72. The summed E-state index contributed by atoms with van der Waals surface area (Å²) in [7, 11) is -1.07. The predicted octanol–water partition coefficient (Wildman–Crippen LogP) is 2.28. The fourth-order valence-corrected chi connectivity index (χ4v) is 4.61. The second-order valence-electron chi connectivity index (χ2n) is 7.19. The van der Waals surface area contributed by atoms with Gasteiger partial charge in [-0.15, -0.1) is 0 Å². The van der Waals surface area contributed by atoms with E-state index in [1.807, 2.05) is 24.3 Å². The summed E-state index contributed by atoms with van der Waals surface area (Å²) in [6.07, 6.45) is 1.42. The van der Waals surface area contributed by atoms with E-state index in [2.05, 4.69) is 4.99 Å². The Morgan fingerprint density at radius 3 is 2.30 bits per heavy atom. The number of rotatable bonds is 4. The number of likely N-dealkylation sites (tertiary alicyclic amines) is 1. The summed E-state index contributed by atoms with van der Waals surface area (Å²) in [5.74, 6) is 0.450. The number of sulfonamides is 1. The molecule has 1 heterocycles. The van der Waals surface area contributed by atoms with E-state index in [4.69, 9.17) is 15.6 Å². The maximum absolute atomic E-state index is 12.0. The number of piperidine rings is 1. The van der Waals surface area contributed by atoms with Crippen molar-refractivity contribution in [1.82, 2.24) is 4.90 Å². The number of aliphatic imine (C=N–C) groups is 1. The number of benzene rings is 2. The van der Waals surface area contributed by atoms with Crippen molar-refractivity contribution in [3.05, 3.63) is 53.6 Å². The van der Waals surface area contributed by atoms with E-state index in [1.165, 1.54) is 25.8 Å². The van der Waals surface area contributed by atoms with Gasteiger partial charge in [0.05, 0.1) is 12.0 Å². The maximum Gasteiger partial charge on any atom is 0.409 e. The zero-order chi connectivity index (χ0) is 21.9. The molecule has 8 nitrogen and oxygen atoms in total. The van der Waals surface area contributed by atoms with Gasteiger partial charge < -0.3 is 15.4 Å². The maximum atomic E-state index is 12.0. The number of nitrogens with zero attached hydrogens (tertiary/aromatic N) is 2. The highest BCUT2D eigenvalue weighted by atomic mass is 32.2. The Balaban J connectivity index is 1.90. The lowest BCUT2D eigenvalue weighted by molar-refractivity contribution is 0.112. The van der Waals surface area contributed by atoms with Crippen molar-refractivity contribution in [2.45, 2.75) is 23.7 Å². The van der Waals surface area contributed by atoms with Crippen LogP contribution in [0.3, 0.4) is 0 Å². The van der Waals surface area contributed by atoms with Crippen LogP contribution in [-0.2, 0) is 14.8 Å². The molecule has 1 saturated heterocycles. The van der Waals surface area contributed by atoms with Crippen LogP contribution in [0.4, 0.5) is 4.79 Å². The first-order valence-electron chi connectivity index (χ1n) is 9.58. The van der Waals surface area contributed by atoms with Crippen LogP contribution < -0.4 is 10.9 Å². The number of methoxy groups -OCH3 is 1. The second kappa shape index (κ2) is 8.85. The number of ether oxygens (including phenoxy) is 1. The number of nitrogens with two attached hydrogens (primary N) is 2. The molecule has 0 radical (unpaired) electrons. The molecule has 1 aliphatic rings. The van der Waals surface area contributed by atoms with Gasteiger partial charge in [0, 0.05) is 25.7 Å². The monoisotopic (exact) mass is 430 g/mol. The fourth-order valence-electron chi connectivity index (χ4n) is 3.84. The minimum Gasteiger partial charge on any atom is -0.453 e. The van der Waals surface area contributed by atoms with E-state index in [9.17, 15) is 13.2 Å². The Bertz CT molecular complexity index is 1060. The molecule has 0 unspecified atom stereocenters. The summed E-state index contributed by atoms with van der Waals surface area (Å²) in [5.41, 5.74) is 8.96. The van der Waals surface area contributed by atoms with Crippen molar-refractivity contribution in [3.8, 4) is 11.1 Å². The molecule has 1 amide bonds. The van der Waals surface area contributed by atoms with Crippen LogP contribution in [0.15, 0.2) is 52.4 Å². The smallest absolute Gasteiger partial charge is 0.409 e. The SMILES string of the molecule is CN=C(N)c1c(-c2ccc(C3CCN(C(=O)OC)CC3)cc2)cccc1S(N)(=O)=O. The molecule has 1 aliphatic heterocycles. The number of amides is 1. The van der Waals surface area contributed by atoms with Gasteiger partial charge >= 0.3 is 6.09 Å². The summed E-state index contributed by atoms with van der Waals surface area (Å²) in [5, 5.41) is 5.39. The molecule has 4 N–H and O–H groups in total. The Labute approximate surface area is 176 Å². The summed E-state index contributed by atoms with van der Waals surface area (Å²) in [6, 6.07) is 12.8. The molecule has 0 aromatic heterocycles. The van der Waals surface area contributed by atoms with Gasteiger partial charge in [0.2, 0.25) is 10.0 Å². The molecule has 0 saturated carbocycles. The zero-order valence-corrected chi connectivity index (χ0v) is 17.9. The Hall–Kier alpha value is -2.91. The minimum absolute atomic E-state index is 0.0534. The molecule has 0 bridgehead atoms. The van der Waals surface area contributed by atoms with Gasteiger partial charge in [-0.25, -0.2) is 18.4 Å². The molecule has 160 valence electrons. The first-order chi connectivity index (χ1) is 14.3. The van der Waals surface area contributed by atoms with Crippen LogP contribution in [0.5, 0.6) is 0 Å². The molecule has 30 heavy (non-hydrogen) atoms. The summed E-state index contributed by atoms with van der Waals surface area (Å²) >= 11 is 0. The molecule has 0 atom stereocenters. The Morgan fingerprint density at radius 2 is 1.77 bits per heavy atom. The summed E-state index contributed by atoms with van der Waals surface area (Å²) in [6.45, 7) is 1.31. The lowest BCUT2D eigenvalue weighted by atomic mass is 9.88. The number of primary sulfonamides is 1. The van der Waals surface area contributed by atoms with Crippen molar-refractivity contribution in [2.24, 2.45) is 15.9 Å². The van der Waals surface area contributed by atoms with Crippen LogP contribution in [0, 0.1) is 0 Å². The van der Waals surface area contributed by atoms with E-state index in [0.29, 0.717) is 30.1 Å². The van der Waals surface area contributed by atoms with Crippen LogP contribution in [0.25, 0.3) is 11.1 Å². The van der Waals surface area contributed by atoms with Crippen LogP contribution in [0.2, 0.25) is 0 Å². The zero-order valence-electron chi connectivity index (χ0n) is 17.0. The average Bonchev–Trinajstić information content (AvgIpc) is 2.77. The van der Waals surface area contributed by atoms with Crippen molar-refractivity contribution >= 4 is 22.0 Å². The van der Waals surface area contributed by atoms with Crippen LogP contribution in [0.1, 0.15) is 29.9 Å². The van der Waals surface area contributed by atoms with E-state index in [-0.39, 0.29) is 16.8 Å². The molecule has 2 aromatic carbocycles. The normalized spacial score (nSPS) is 15.8. The van der Waals surface area contributed by atoms with Crippen molar-refractivity contribution in [2.75, 3.05) is 27.2 Å². The number of hydrogen-bond acceptors (Lipinski definition) is 5. The van der Waals surface area contributed by atoms with Gasteiger partial charge in [-0.2, -0.15) is 0 Å². The van der Waals surface area contributed by atoms with Gasteiger partial charge in [0.15, 0.2) is 0 Å². The van der Waals surface area contributed by atoms with Crippen molar-refractivity contribution < 1.29 is 17.9 Å². The molecule has 3 rings (SSSR count). The quantitative estimate of drug-likeness (QED) is 0.568. The molecule has 9 heteroatoms. The number of carbonyl (C=O) groups excluding carboxylic acids is 1. The third-order valence-electron chi connectivity index (χ3n) is 5.45. The van der Waals surface area contributed by atoms with Crippen molar-refractivity contribution in [3.63, 3.8) is 0 Å². The number of carbonyl (C=O) groups is 1. The van der Waals surface area contributed by atoms with Gasteiger partial charge in [0.25, 0.3) is 0 Å². The van der Waals surface area contributed by atoms with Gasteiger partial charge in [-0.1, -0.05) is 36.4 Å². The van der Waals surface area contributed by atoms with E-state index < -0.39 is 10.0 Å². The summed E-state index contributed by atoms with van der Waals surface area (Å²) in [4.78, 5) is 17.3. The van der Waals surface area contributed by atoms with Crippen LogP contribution in [-0.4, -0.2) is 52.5 Å². The van der Waals surface area contributed by atoms with Crippen molar-refractivity contribution in [1.29, 1.82) is 0 Å². The standard InChI is InChI=1S/C21H26N4O4S/c1-24-20(22)19-17(4-3-5-18(19)30(23,27)28)16-8-6-14(7-9-16)15-10-12-25(13-11-15)21(26)29-2/h3-9,15H,10-13H2,1-2H3,(H2,22,24)(H2,23,27,28). The first kappa shape index (κ1) is 21.8. The van der Waals surface area contributed by atoms with E-state index >= 15 is 0 Å². The van der Waals surface area contributed by atoms with Gasteiger partial charge in [0.1, 0.15) is 5.84 Å². The third-order valence-corrected chi connectivity index (χ3v) is 6.40. The lowest BCUT2D eigenvalue weighted by Gasteiger charge is -2.31. The number of hydrogen-bond donors (Lipinski definition) is 2. The highest BCUT2D eigenvalue weighted by Gasteiger charge is 2.25. The molecular formula is C21H26N4O4S. The minimum atomic E-state index is -3.96. The molecule has 1 fully saturated rings. The average molecular weight is 431 g/mol. The molecule has 2 aromatic rings. The van der Waals surface area contributed by atoms with Gasteiger partial charge in [-0.05, 0) is 41.5 Å². The van der Waals surface area contributed by atoms with E-state index in [0.717, 1.165) is 18.4 Å². The lowest BCUT2D eigenvalue weighted by Crippen LogP contribution is -2.37. The Kier molecular flexibility index (Phi) is 6.42. The fraction of sp³-hybridized carbons (Fsp3) is 0.333. The van der Waals surface area contributed by atoms with Crippen LogP contribution >= 0.6 is 0 Å². The number of amidine groups is 1. The molecule has 0 spiro atoms. The predicted molar refractivity (Wildman–Crippen MR) is 116 cm³/mol. The highest BCUT2D eigenvalue weighted by Crippen LogP contribution is 2.32. The first-order valence-corrected chi connectivity index (χ1v) is 11.1. The Morgan fingerprint density at radius 1 is 1.13 bits per heavy atom. The van der Waals surface area contributed by atoms with E-state index in [1.54, 1.807) is 17.0 Å². The largest absolute Gasteiger partial charge is 0.453 e. The highest BCUT2D eigenvalue weighted by molar-refractivity contribution is 7.89. The summed E-state index contributed by atoms with van der Waals surface area (Å²) < 4.78 is 28.9. The third kappa shape index (κ3) is 4.47. The van der Waals surface area contributed by atoms with Gasteiger partial charge in [-0.3, -0.25) is 4.99 Å². The molecule has 0 aliphatic carbocycles. The molecular weight excluding hydrogens is 404 g/mol.